The largest absolute Gasteiger partial charge is 0.496 e. The van der Waals surface area contributed by atoms with Crippen LogP contribution in [0.3, 0.4) is 0 Å². The highest BCUT2D eigenvalue weighted by Crippen LogP contribution is 2.22. The molecule has 1 heterocycles. The van der Waals surface area contributed by atoms with Gasteiger partial charge in [-0.05, 0) is 32.0 Å². The predicted octanol–water partition coefficient (Wildman–Crippen LogP) is 2.09. The fourth-order valence-electron chi connectivity index (χ4n) is 2.23. The van der Waals surface area contributed by atoms with E-state index in [1.807, 2.05) is 30.9 Å². The Balaban J connectivity index is 2.15. The summed E-state index contributed by atoms with van der Waals surface area (Å²) >= 11 is 0. The molecule has 0 aliphatic carbocycles. The summed E-state index contributed by atoms with van der Waals surface area (Å²) in [6.07, 6.45) is 0.133. The number of carbonyl (C=O) groups excluding carboxylic acids is 1. The number of carbonyl (C=O) groups is 1. The van der Waals surface area contributed by atoms with Crippen molar-refractivity contribution < 1.29 is 19.0 Å². The lowest BCUT2D eigenvalue weighted by molar-refractivity contribution is 0.0302. The molecular formula is C16H23NO4. The van der Waals surface area contributed by atoms with Crippen molar-refractivity contribution in [1.29, 1.82) is 0 Å². The number of rotatable bonds is 5. The van der Waals surface area contributed by atoms with Gasteiger partial charge in [-0.3, -0.25) is 4.79 Å². The van der Waals surface area contributed by atoms with Gasteiger partial charge in [0.25, 0.3) is 5.91 Å². The molecule has 0 saturated carbocycles. The van der Waals surface area contributed by atoms with Crippen LogP contribution in [0.2, 0.25) is 0 Å². The molecule has 5 nitrogen and oxygen atoms in total. The predicted molar refractivity (Wildman–Crippen MR) is 79.6 cm³/mol. The number of hydrogen-bond acceptors (Lipinski definition) is 4. The first-order valence-electron chi connectivity index (χ1n) is 7.27. The molecule has 1 aromatic rings. The summed E-state index contributed by atoms with van der Waals surface area (Å²) in [4.78, 5) is 14.3. The van der Waals surface area contributed by atoms with E-state index in [4.69, 9.17) is 14.2 Å². The molecule has 1 fully saturated rings. The zero-order valence-electron chi connectivity index (χ0n) is 12.9. The smallest absolute Gasteiger partial charge is 0.254 e. The Bertz CT molecular complexity index is 481. The van der Waals surface area contributed by atoms with Gasteiger partial charge in [-0.25, -0.2) is 0 Å². The second-order valence-corrected chi connectivity index (χ2v) is 5.29. The number of amides is 1. The minimum atomic E-state index is 0.0340. The Labute approximate surface area is 125 Å². The van der Waals surface area contributed by atoms with Crippen LogP contribution in [-0.4, -0.2) is 50.3 Å². The van der Waals surface area contributed by atoms with Crippen molar-refractivity contribution in [3.8, 4) is 5.75 Å². The van der Waals surface area contributed by atoms with E-state index in [2.05, 4.69) is 0 Å². The Morgan fingerprint density at radius 2 is 2.05 bits per heavy atom. The number of benzene rings is 1. The van der Waals surface area contributed by atoms with Crippen LogP contribution in [0.25, 0.3) is 0 Å². The van der Waals surface area contributed by atoms with Crippen LogP contribution in [0.15, 0.2) is 18.2 Å². The molecule has 1 aromatic carbocycles. The van der Waals surface area contributed by atoms with Crippen LogP contribution in [0, 0.1) is 0 Å². The summed E-state index contributed by atoms with van der Waals surface area (Å²) in [5.41, 5.74) is 1.56. The third-order valence-electron chi connectivity index (χ3n) is 3.40. The third kappa shape index (κ3) is 4.19. The lowest BCUT2D eigenvalue weighted by Crippen LogP contribution is -2.40. The van der Waals surface area contributed by atoms with E-state index in [0.717, 1.165) is 11.3 Å². The van der Waals surface area contributed by atoms with Crippen molar-refractivity contribution in [1.82, 2.24) is 4.90 Å². The minimum absolute atomic E-state index is 0.0340. The van der Waals surface area contributed by atoms with Crippen molar-refractivity contribution in [3.05, 3.63) is 29.3 Å². The first kappa shape index (κ1) is 15.8. The summed E-state index contributed by atoms with van der Waals surface area (Å²) in [6.45, 7) is 6.89. The molecule has 116 valence electrons. The van der Waals surface area contributed by atoms with Gasteiger partial charge >= 0.3 is 0 Å². The summed E-state index contributed by atoms with van der Waals surface area (Å²) in [5.74, 6) is 0.779. The van der Waals surface area contributed by atoms with E-state index in [9.17, 15) is 4.79 Å². The third-order valence-corrected chi connectivity index (χ3v) is 3.40. The highest BCUT2D eigenvalue weighted by molar-refractivity contribution is 5.94. The number of nitrogens with zero attached hydrogens (tertiary/aromatic N) is 1. The van der Waals surface area contributed by atoms with E-state index < -0.39 is 0 Å². The Hall–Kier alpha value is -1.59. The summed E-state index contributed by atoms with van der Waals surface area (Å²) in [7, 11) is 1.62. The van der Waals surface area contributed by atoms with Gasteiger partial charge in [-0.1, -0.05) is 0 Å². The van der Waals surface area contributed by atoms with Crippen LogP contribution in [0.5, 0.6) is 5.75 Å². The SMILES string of the molecule is COc1ccc(C(=O)N2CCOCC2)cc1COC(C)C. The van der Waals surface area contributed by atoms with Gasteiger partial charge in [-0.2, -0.15) is 0 Å². The van der Waals surface area contributed by atoms with Crippen LogP contribution in [0.4, 0.5) is 0 Å². The van der Waals surface area contributed by atoms with E-state index >= 15 is 0 Å². The molecule has 0 aromatic heterocycles. The van der Waals surface area contributed by atoms with Gasteiger partial charge in [0.2, 0.25) is 0 Å². The molecule has 1 saturated heterocycles. The number of ether oxygens (including phenoxy) is 3. The quantitative estimate of drug-likeness (QED) is 0.834. The Morgan fingerprint density at radius 1 is 1.33 bits per heavy atom. The van der Waals surface area contributed by atoms with Gasteiger partial charge in [0, 0.05) is 24.2 Å². The molecule has 21 heavy (non-hydrogen) atoms. The molecule has 1 aliphatic heterocycles. The molecule has 2 rings (SSSR count). The average Bonchev–Trinajstić information content (AvgIpc) is 2.52. The number of hydrogen-bond donors (Lipinski definition) is 0. The lowest BCUT2D eigenvalue weighted by Gasteiger charge is -2.27. The first-order chi connectivity index (χ1) is 10.1. The standard InChI is InChI=1S/C16H23NO4/c1-12(2)21-11-14-10-13(4-5-15(14)19-3)16(18)17-6-8-20-9-7-17/h4-5,10,12H,6-9,11H2,1-3H3. The number of morpholine rings is 1. The van der Waals surface area contributed by atoms with Gasteiger partial charge in [0.15, 0.2) is 0 Å². The van der Waals surface area contributed by atoms with E-state index in [1.165, 1.54) is 0 Å². The van der Waals surface area contributed by atoms with Crippen LogP contribution in [-0.2, 0) is 16.1 Å². The second kappa shape index (κ2) is 7.43. The zero-order chi connectivity index (χ0) is 15.2. The highest BCUT2D eigenvalue weighted by atomic mass is 16.5. The van der Waals surface area contributed by atoms with Crippen LogP contribution >= 0.6 is 0 Å². The van der Waals surface area contributed by atoms with Gasteiger partial charge in [0.05, 0.1) is 33.0 Å². The van der Waals surface area contributed by atoms with Crippen molar-refractivity contribution in [3.63, 3.8) is 0 Å². The molecule has 5 heteroatoms. The molecule has 1 amide bonds. The van der Waals surface area contributed by atoms with E-state index in [1.54, 1.807) is 13.2 Å². The lowest BCUT2D eigenvalue weighted by atomic mass is 10.1. The normalized spacial score (nSPS) is 15.3. The topological polar surface area (TPSA) is 48.0 Å². The summed E-state index contributed by atoms with van der Waals surface area (Å²) in [6, 6.07) is 5.49. The average molecular weight is 293 g/mol. The van der Waals surface area contributed by atoms with Crippen molar-refractivity contribution >= 4 is 5.91 Å². The van der Waals surface area contributed by atoms with Crippen molar-refractivity contribution in [2.45, 2.75) is 26.6 Å². The molecule has 0 atom stereocenters. The summed E-state index contributed by atoms with van der Waals surface area (Å²) in [5, 5.41) is 0. The second-order valence-electron chi connectivity index (χ2n) is 5.29. The monoisotopic (exact) mass is 293 g/mol. The van der Waals surface area contributed by atoms with Crippen molar-refractivity contribution in [2.24, 2.45) is 0 Å². The molecule has 0 radical (unpaired) electrons. The van der Waals surface area contributed by atoms with Gasteiger partial charge in [0.1, 0.15) is 5.75 Å². The van der Waals surface area contributed by atoms with Gasteiger partial charge in [-0.15, -0.1) is 0 Å². The summed E-state index contributed by atoms with van der Waals surface area (Å²) < 4.78 is 16.2. The van der Waals surface area contributed by atoms with Crippen LogP contribution in [0.1, 0.15) is 29.8 Å². The maximum absolute atomic E-state index is 12.5. The molecule has 0 unspecified atom stereocenters. The molecule has 0 N–H and O–H groups in total. The maximum atomic E-state index is 12.5. The molecular weight excluding hydrogens is 270 g/mol. The highest BCUT2D eigenvalue weighted by Gasteiger charge is 2.19. The molecule has 0 spiro atoms. The first-order valence-corrected chi connectivity index (χ1v) is 7.27. The number of methoxy groups -OCH3 is 1. The fourth-order valence-corrected chi connectivity index (χ4v) is 2.23. The zero-order valence-corrected chi connectivity index (χ0v) is 12.9. The fraction of sp³-hybridized carbons (Fsp3) is 0.562. The van der Waals surface area contributed by atoms with E-state index in [0.29, 0.717) is 38.5 Å². The molecule has 0 bridgehead atoms. The minimum Gasteiger partial charge on any atom is -0.496 e. The molecule has 1 aliphatic rings. The Morgan fingerprint density at radius 3 is 2.67 bits per heavy atom. The van der Waals surface area contributed by atoms with Crippen LogP contribution < -0.4 is 4.74 Å². The maximum Gasteiger partial charge on any atom is 0.254 e. The van der Waals surface area contributed by atoms with Gasteiger partial charge < -0.3 is 19.1 Å². The van der Waals surface area contributed by atoms with E-state index in [-0.39, 0.29) is 12.0 Å². The van der Waals surface area contributed by atoms with Crippen molar-refractivity contribution in [2.75, 3.05) is 33.4 Å². The Kier molecular flexibility index (Phi) is 5.59.